The average Bonchev–Trinajstić information content (AvgIpc) is 2.86. The molecule has 2 saturated heterocycles. The molecule has 20 heavy (non-hydrogen) atoms. The van der Waals surface area contributed by atoms with Gasteiger partial charge in [-0.05, 0) is 50.1 Å². The summed E-state index contributed by atoms with van der Waals surface area (Å²) in [6.45, 7) is 3.59. The van der Waals surface area contributed by atoms with Crippen molar-refractivity contribution >= 4 is 22.4 Å². The molecule has 1 saturated carbocycles. The predicted octanol–water partition coefficient (Wildman–Crippen LogP) is 1.86. The third kappa shape index (κ3) is 3.67. The summed E-state index contributed by atoms with van der Waals surface area (Å²) in [5, 5.41) is 3.40. The van der Waals surface area contributed by atoms with E-state index in [2.05, 4.69) is 5.32 Å². The molecule has 0 aromatic rings. The lowest BCUT2D eigenvalue weighted by Crippen LogP contribution is -2.45. The number of halogens is 1. The van der Waals surface area contributed by atoms with E-state index in [1.807, 2.05) is 0 Å². The van der Waals surface area contributed by atoms with Gasteiger partial charge in [0.05, 0.1) is 5.75 Å². The van der Waals surface area contributed by atoms with Crippen LogP contribution >= 0.6 is 12.4 Å². The maximum Gasteiger partial charge on any atom is 0.214 e. The van der Waals surface area contributed by atoms with Gasteiger partial charge in [-0.25, -0.2) is 12.7 Å². The molecule has 4 nitrogen and oxygen atoms in total. The van der Waals surface area contributed by atoms with Gasteiger partial charge in [0.15, 0.2) is 0 Å². The SMILES string of the molecule is Cl.O=S(=O)(CC1CCCCC1)N1CCC2CNCC2C1. The average molecular weight is 323 g/mol. The molecule has 3 rings (SSSR count). The van der Waals surface area contributed by atoms with E-state index < -0.39 is 10.0 Å². The minimum absolute atomic E-state index is 0. The van der Waals surface area contributed by atoms with Crippen molar-refractivity contribution < 1.29 is 8.42 Å². The van der Waals surface area contributed by atoms with Crippen molar-refractivity contribution in [2.24, 2.45) is 17.8 Å². The van der Waals surface area contributed by atoms with Crippen LogP contribution in [0.3, 0.4) is 0 Å². The lowest BCUT2D eigenvalue weighted by Gasteiger charge is -2.34. The second-order valence-electron chi connectivity index (χ2n) is 6.61. The predicted molar refractivity (Wildman–Crippen MR) is 83.6 cm³/mol. The van der Waals surface area contributed by atoms with Crippen molar-refractivity contribution in [1.82, 2.24) is 9.62 Å². The Balaban J connectivity index is 0.00000147. The Labute approximate surface area is 129 Å². The number of sulfonamides is 1. The van der Waals surface area contributed by atoms with Crippen LogP contribution in [-0.4, -0.2) is 44.7 Å². The fourth-order valence-electron chi connectivity index (χ4n) is 4.01. The summed E-state index contributed by atoms with van der Waals surface area (Å²) in [4.78, 5) is 0. The van der Waals surface area contributed by atoms with E-state index in [9.17, 15) is 8.42 Å². The van der Waals surface area contributed by atoms with E-state index in [0.29, 0.717) is 23.5 Å². The zero-order chi connectivity index (χ0) is 13.3. The molecule has 1 N–H and O–H groups in total. The first kappa shape index (κ1) is 16.5. The summed E-state index contributed by atoms with van der Waals surface area (Å²) in [5.74, 6) is 2.08. The summed E-state index contributed by atoms with van der Waals surface area (Å²) < 4.78 is 26.9. The molecule has 0 spiro atoms. The van der Waals surface area contributed by atoms with Crippen LogP contribution in [0.1, 0.15) is 38.5 Å². The van der Waals surface area contributed by atoms with Crippen molar-refractivity contribution in [2.75, 3.05) is 31.9 Å². The fourth-order valence-corrected chi connectivity index (χ4v) is 5.95. The first-order valence-corrected chi connectivity index (χ1v) is 9.44. The number of rotatable bonds is 3. The summed E-state index contributed by atoms with van der Waals surface area (Å²) in [7, 11) is -3.02. The van der Waals surface area contributed by atoms with Crippen LogP contribution in [0.15, 0.2) is 0 Å². The van der Waals surface area contributed by atoms with E-state index >= 15 is 0 Å². The first-order valence-electron chi connectivity index (χ1n) is 7.84. The molecule has 6 heteroatoms. The molecule has 0 amide bonds. The molecule has 2 atom stereocenters. The lowest BCUT2D eigenvalue weighted by atomic mass is 9.90. The summed E-state index contributed by atoms with van der Waals surface area (Å²) in [6.07, 6.45) is 6.99. The molecule has 1 aliphatic carbocycles. The second kappa shape index (κ2) is 6.95. The van der Waals surface area contributed by atoms with Crippen molar-refractivity contribution in [2.45, 2.75) is 38.5 Å². The molecule has 3 fully saturated rings. The van der Waals surface area contributed by atoms with Gasteiger partial charge in [0.25, 0.3) is 0 Å². The monoisotopic (exact) mass is 322 g/mol. The molecule has 0 aromatic heterocycles. The number of hydrogen-bond acceptors (Lipinski definition) is 3. The topological polar surface area (TPSA) is 49.4 Å². The highest BCUT2D eigenvalue weighted by atomic mass is 35.5. The van der Waals surface area contributed by atoms with Crippen LogP contribution in [0.5, 0.6) is 0 Å². The van der Waals surface area contributed by atoms with Crippen LogP contribution in [0.25, 0.3) is 0 Å². The van der Waals surface area contributed by atoms with Crippen molar-refractivity contribution in [3.05, 3.63) is 0 Å². The van der Waals surface area contributed by atoms with E-state index in [-0.39, 0.29) is 12.4 Å². The molecule has 0 bridgehead atoms. The Hall–Kier alpha value is 0.160. The zero-order valence-electron chi connectivity index (χ0n) is 12.1. The van der Waals surface area contributed by atoms with Gasteiger partial charge in [0, 0.05) is 13.1 Å². The van der Waals surface area contributed by atoms with Crippen molar-refractivity contribution in [3.8, 4) is 0 Å². The lowest BCUT2D eigenvalue weighted by molar-refractivity contribution is 0.226. The van der Waals surface area contributed by atoms with Gasteiger partial charge in [0.2, 0.25) is 10.0 Å². The van der Waals surface area contributed by atoms with E-state index in [1.165, 1.54) is 19.3 Å². The molecule has 2 heterocycles. The highest BCUT2D eigenvalue weighted by Gasteiger charge is 2.37. The Morgan fingerprint density at radius 3 is 2.45 bits per heavy atom. The van der Waals surface area contributed by atoms with Gasteiger partial charge < -0.3 is 5.32 Å². The minimum Gasteiger partial charge on any atom is -0.316 e. The molecular weight excluding hydrogens is 296 g/mol. The summed E-state index contributed by atoms with van der Waals surface area (Å²) >= 11 is 0. The molecule has 2 unspecified atom stereocenters. The van der Waals surface area contributed by atoms with E-state index in [1.54, 1.807) is 4.31 Å². The van der Waals surface area contributed by atoms with Crippen molar-refractivity contribution in [3.63, 3.8) is 0 Å². The van der Waals surface area contributed by atoms with Crippen LogP contribution < -0.4 is 5.32 Å². The molecule has 0 aromatic carbocycles. The summed E-state index contributed by atoms with van der Waals surface area (Å²) in [6, 6.07) is 0. The van der Waals surface area contributed by atoms with Crippen LogP contribution in [0, 0.1) is 17.8 Å². The van der Waals surface area contributed by atoms with Crippen molar-refractivity contribution in [1.29, 1.82) is 0 Å². The van der Waals surface area contributed by atoms with Crippen LogP contribution in [0.2, 0.25) is 0 Å². The van der Waals surface area contributed by atoms with Gasteiger partial charge >= 0.3 is 0 Å². The number of nitrogens with zero attached hydrogens (tertiary/aromatic N) is 1. The first-order chi connectivity index (χ1) is 9.15. The highest BCUT2D eigenvalue weighted by molar-refractivity contribution is 7.89. The standard InChI is InChI=1S/C14H26N2O2S.ClH/c17-19(18,11-12-4-2-1-3-5-12)16-7-6-13-8-15-9-14(13)10-16;/h12-15H,1-11H2;1H. The third-order valence-corrected chi connectivity index (χ3v) is 7.24. The Bertz CT molecular complexity index is 409. The van der Waals surface area contributed by atoms with Crippen LogP contribution in [0.4, 0.5) is 0 Å². The molecule has 0 radical (unpaired) electrons. The minimum atomic E-state index is -3.02. The molecule has 3 aliphatic rings. The smallest absolute Gasteiger partial charge is 0.214 e. The maximum absolute atomic E-state index is 12.5. The van der Waals surface area contributed by atoms with Gasteiger partial charge in [0.1, 0.15) is 0 Å². The quantitative estimate of drug-likeness (QED) is 0.863. The van der Waals surface area contributed by atoms with Gasteiger partial charge in [-0.2, -0.15) is 0 Å². The normalized spacial score (nSPS) is 32.6. The molecular formula is C14H27ClN2O2S. The van der Waals surface area contributed by atoms with Gasteiger partial charge in [-0.3, -0.25) is 0 Å². The van der Waals surface area contributed by atoms with Gasteiger partial charge in [-0.1, -0.05) is 19.3 Å². The molecule has 118 valence electrons. The number of hydrogen-bond donors (Lipinski definition) is 1. The van der Waals surface area contributed by atoms with E-state index in [0.717, 1.165) is 45.4 Å². The highest BCUT2D eigenvalue weighted by Crippen LogP contribution is 2.30. The van der Waals surface area contributed by atoms with Crippen LogP contribution in [-0.2, 0) is 10.0 Å². The number of piperidine rings is 1. The molecule has 2 aliphatic heterocycles. The number of nitrogens with one attached hydrogen (secondary N) is 1. The number of fused-ring (bicyclic) bond motifs is 1. The Kier molecular flexibility index (Phi) is 5.74. The summed E-state index contributed by atoms with van der Waals surface area (Å²) in [5.41, 5.74) is 0. The fraction of sp³-hybridized carbons (Fsp3) is 1.00. The van der Waals surface area contributed by atoms with E-state index in [4.69, 9.17) is 0 Å². The zero-order valence-corrected chi connectivity index (χ0v) is 13.7. The second-order valence-corrected chi connectivity index (χ2v) is 8.62. The maximum atomic E-state index is 12.5. The third-order valence-electron chi connectivity index (χ3n) is 5.23. The van der Waals surface area contributed by atoms with Gasteiger partial charge in [-0.15, -0.1) is 12.4 Å². The Morgan fingerprint density at radius 1 is 1.00 bits per heavy atom. The Morgan fingerprint density at radius 2 is 1.70 bits per heavy atom. The largest absolute Gasteiger partial charge is 0.316 e.